The van der Waals surface area contributed by atoms with Crippen LogP contribution in [0, 0.1) is 6.92 Å². The van der Waals surface area contributed by atoms with Gasteiger partial charge in [0, 0.05) is 40.4 Å². The minimum Gasteiger partial charge on any atom is -0.353 e. The molecule has 0 saturated heterocycles. The van der Waals surface area contributed by atoms with E-state index in [0.717, 1.165) is 28.7 Å². The van der Waals surface area contributed by atoms with Crippen molar-refractivity contribution in [2.24, 2.45) is 0 Å². The Morgan fingerprint density at radius 3 is 2.09 bits per heavy atom. The third kappa shape index (κ3) is 7.45. The molecule has 0 heterocycles. The Balaban J connectivity index is 1.60. The zero-order chi connectivity index (χ0) is 23.8. The second kappa shape index (κ2) is 12.0. The van der Waals surface area contributed by atoms with Gasteiger partial charge in [-0.15, -0.1) is 0 Å². The second-order valence-electron chi connectivity index (χ2n) is 8.44. The molecule has 2 atom stereocenters. The maximum absolute atomic E-state index is 12.7. The first-order chi connectivity index (χ1) is 15.8. The van der Waals surface area contributed by atoms with Gasteiger partial charge in [-0.2, -0.15) is 0 Å². The summed E-state index contributed by atoms with van der Waals surface area (Å²) in [6.07, 6.45) is 1.95. The molecule has 0 aliphatic rings. The number of amides is 1. The molecule has 0 unspecified atom stereocenters. The standard InChI is InChI=1S/C28H29Cl2NO2/c1-19-6-3-4-7-25(19)27(32)8-5-9-28(33)31-20(2)26(22-12-16-24(30)17-13-22)18-21-10-14-23(29)15-11-21/h3-4,6-7,10-17,20,26H,5,8-9,18H2,1-2H3,(H,31,33)/t20-,26+/m1/s1. The quantitative estimate of drug-likeness (QED) is 0.311. The van der Waals surface area contributed by atoms with E-state index in [1.165, 1.54) is 0 Å². The van der Waals surface area contributed by atoms with Crippen LogP contribution in [0.15, 0.2) is 72.8 Å². The summed E-state index contributed by atoms with van der Waals surface area (Å²) in [6.45, 7) is 3.95. The lowest BCUT2D eigenvalue weighted by Gasteiger charge is -2.26. The largest absolute Gasteiger partial charge is 0.353 e. The highest BCUT2D eigenvalue weighted by molar-refractivity contribution is 6.30. The second-order valence-corrected chi connectivity index (χ2v) is 9.31. The SMILES string of the molecule is Cc1ccccc1C(=O)CCCC(=O)N[C@H](C)[C@H](Cc1ccc(Cl)cc1)c1ccc(Cl)cc1. The first-order valence-electron chi connectivity index (χ1n) is 11.2. The van der Waals surface area contributed by atoms with E-state index in [4.69, 9.17) is 23.2 Å². The molecule has 0 radical (unpaired) electrons. The fourth-order valence-corrected chi connectivity index (χ4v) is 4.28. The average molecular weight is 482 g/mol. The zero-order valence-corrected chi connectivity index (χ0v) is 20.5. The molecule has 1 N–H and O–H groups in total. The van der Waals surface area contributed by atoms with Gasteiger partial charge in [-0.25, -0.2) is 0 Å². The summed E-state index contributed by atoms with van der Waals surface area (Å²) in [4.78, 5) is 25.1. The molecule has 3 aromatic carbocycles. The average Bonchev–Trinajstić information content (AvgIpc) is 2.79. The van der Waals surface area contributed by atoms with Gasteiger partial charge in [0.2, 0.25) is 5.91 Å². The molecule has 0 aliphatic carbocycles. The van der Waals surface area contributed by atoms with Crippen LogP contribution in [0.25, 0.3) is 0 Å². The lowest BCUT2D eigenvalue weighted by molar-refractivity contribution is -0.121. The Labute approximate surface area is 206 Å². The van der Waals surface area contributed by atoms with Crippen molar-refractivity contribution >= 4 is 34.9 Å². The Kier molecular flexibility index (Phi) is 9.11. The monoisotopic (exact) mass is 481 g/mol. The smallest absolute Gasteiger partial charge is 0.220 e. The van der Waals surface area contributed by atoms with Crippen LogP contribution in [0.2, 0.25) is 10.0 Å². The number of rotatable bonds is 10. The highest BCUT2D eigenvalue weighted by atomic mass is 35.5. The molecule has 0 bridgehead atoms. The number of carbonyl (C=O) groups excluding carboxylic acids is 2. The van der Waals surface area contributed by atoms with E-state index < -0.39 is 0 Å². The van der Waals surface area contributed by atoms with E-state index in [1.807, 2.05) is 86.6 Å². The van der Waals surface area contributed by atoms with Crippen molar-refractivity contribution in [1.82, 2.24) is 5.32 Å². The van der Waals surface area contributed by atoms with Crippen LogP contribution in [0.1, 0.15) is 59.2 Å². The molecule has 5 heteroatoms. The van der Waals surface area contributed by atoms with Crippen LogP contribution in [0.5, 0.6) is 0 Å². The number of hydrogen-bond donors (Lipinski definition) is 1. The minimum atomic E-state index is -0.0959. The third-order valence-electron chi connectivity index (χ3n) is 5.91. The van der Waals surface area contributed by atoms with Crippen LogP contribution in [0.4, 0.5) is 0 Å². The summed E-state index contributed by atoms with van der Waals surface area (Å²) in [5.74, 6) is 0.104. The van der Waals surface area contributed by atoms with Gasteiger partial charge in [0.05, 0.1) is 0 Å². The molecule has 172 valence electrons. The third-order valence-corrected chi connectivity index (χ3v) is 6.42. The van der Waals surface area contributed by atoms with E-state index in [2.05, 4.69) is 5.32 Å². The zero-order valence-electron chi connectivity index (χ0n) is 19.0. The maximum atomic E-state index is 12.7. The Morgan fingerprint density at radius 1 is 0.848 bits per heavy atom. The van der Waals surface area contributed by atoms with E-state index in [9.17, 15) is 9.59 Å². The number of carbonyl (C=O) groups is 2. The fraction of sp³-hybridized carbons (Fsp3) is 0.286. The number of Topliss-reactive ketones (excluding diaryl/α,β-unsaturated/α-hetero) is 1. The van der Waals surface area contributed by atoms with Gasteiger partial charge in [-0.05, 0) is 67.6 Å². The van der Waals surface area contributed by atoms with Gasteiger partial charge < -0.3 is 5.32 Å². The summed E-state index contributed by atoms with van der Waals surface area (Å²) in [5, 5.41) is 4.52. The molecular weight excluding hydrogens is 453 g/mol. The number of hydrogen-bond acceptors (Lipinski definition) is 2. The summed E-state index contributed by atoms with van der Waals surface area (Å²) < 4.78 is 0. The highest BCUT2D eigenvalue weighted by Gasteiger charge is 2.22. The molecule has 0 spiro atoms. The lowest BCUT2D eigenvalue weighted by atomic mass is 9.86. The van der Waals surface area contributed by atoms with Crippen molar-refractivity contribution in [3.05, 3.63) is 105 Å². The molecule has 0 aliphatic heterocycles. The Bertz CT molecular complexity index is 1080. The fourth-order valence-electron chi connectivity index (χ4n) is 4.02. The molecule has 0 saturated carbocycles. The molecule has 3 rings (SSSR count). The van der Waals surface area contributed by atoms with Gasteiger partial charge in [0.15, 0.2) is 5.78 Å². The van der Waals surface area contributed by atoms with E-state index >= 15 is 0 Å². The lowest BCUT2D eigenvalue weighted by Crippen LogP contribution is -2.37. The molecule has 3 nitrogen and oxygen atoms in total. The van der Waals surface area contributed by atoms with Gasteiger partial charge in [0.25, 0.3) is 0 Å². The summed E-state index contributed by atoms with van der Waals surface area (Å²) in [6, 6.07) is 23.0. The van der Waals surface area contributed by atoms with Crippen molar-refractivity contribution in [2.45, 2.75) is 51.5 Å². The Hall–Kier alpha value is -2.62. The van der Waals surface area contributed by atoms with E-state index in [1.54, 1.807) is 0 Å². The summed E-state index contributed by atoms with van der Waals surface area (Å²) in [5.41, 5.74) is 3.95. The van der Waals surface area contributed by atoms with Crippen LogP contribution in [-0.4, -0.2) is 17.7 Å². The number of aryl methyl sites for hydroxylation is 1. The number of benzene rings is 3. The molecule has 0 fully saturated rings. The maximum Gasteiger partial charge on any atom is 0.220 e. The number of nitrogens with one attached hydrogen (secondary N) is 1. The Morgan fingerprint density at radius 2 is 1.45 bits per heavy atom. The molecule has 1 amide bonds. The predicted octanol–water partition coefficient (Wildman–Crippen LogP) is 7.19. The van der Waals surface area contributed by atoms with Gasteiger partial charge in [0.1, 0.15) is 0 Å². The number of halogens is 2. The first kappa shape index (κ1) is 25.0. The minimum absolute atomic E-state index is 0.0462. The van der Waals surface area contributed by atoms with Crippen LogP contribution >= 0.6 is 23.2 Å². The van der Waals surface area contributed by atoms with Gasteiger partial charge in [-0.1, -0.05) is 71.7 Å². The normalized spacial score (nSPS) is 12.7. The van der Waals surface area contributed by atoms with E-state index in [-0.39, 0.29) is 23.7 Å². The summed E-state index contributed by atoms with van der Waals surface area (Å²) in [7, 11) is 0. The highest BCUT2D eigenvalue weighted by Crippen LogP contribution is 2.27. The van der Waals surface area contributed by atoms with Crippen molar-refractivity contribution < 1.29 is 9.59 Å². The van der Waals surface area contributed by atoms with Crippen molar-refractivity contribution in [1.29, 1.82) is 0 Å². The van der Waals surface area contributed by atoms with E-state index in [0.29, 0.717) is 29.3 Å². The van der Waals surface area contributed by atoms with Crippen LogP contribution in [0.3, 0.4) is 0 Å². The van der Waals surface area contributed by atoms with Crippen LogP contribution < -0.4 is 5.32 Å². The van der Waals surface area contributed by atoms with Crippen molar-refractivity contribution in [3.8, 4) is 0 Å². The van der Waals surface area contributed by atoms with Crippen LogP contribution in [-0.2, 0) is 11.2 Å². The first-order valence-corrected chi connectivity index (χ1v) is 12.0. The van der Waals surface area contributed by atoms with Crippen molar-refractivity contribution in [3.63, 3.8) is 0 Å². The predicted molar refractivity (Wildman–Crippen MR) is 136 cm³/mol. The molecule has 3 aromatic rings. The molecular formula is C28H29Cl2NO2. The molecule has 33 heavy (non-hydrogen) atoms. The van der Waals surface area contributed by atoms with Gasteiger partial charge in [-0.3, -0.25) is 9.59 Å². The topological polar surface area (TPSA) is 46.2 Å². The summed E-state index contributed by atoms with van der Waals surface area (Å²) >= 11 is 12.1. The van der Waals surface area contributed by atoms with Crippen molar-refractivity contribution in [2.75, 3.05) is 0 Å². The van der Waals surface area contributed by atoms with Gasteiger partial charge >= 0.3 is 0 Å². The molecule has 0 aromatic heterocycles. The number of ketones is 1.